The lowest BCUT2D eigenvalue weighted by Gasteiger charge is -2.36. The van der Waals surface area contributed by atoms with E-state index >= 15 is 0 Å². The summed E-state index contributed by atoms with van der Waals surface area (Å²) < 4.78 is 0. The van der Waals surface area contributed by atoms with E-state index in [0.717, 1.165) is 76.7 Å². The smallest absolute Gasteiger partial charge is 0.228 e. The number of piperazine rings is 1. The molecule has 0 spiro atoms. The minimum Gasteiger partial charge on any atom is -0.368 e. The Morgan fingerprint density at radius 2 is 1.69 bits per heavy atom. The van der Waals surface area contributed by atoms with Gasteiger partial charge in [0.05, 0.1) is 17.2 Å². The van der Waals surface area contributed by atoms with E-state index in [2.05, 4.69) is 31.4 Å². The number of rotatable bonds is 5. The van der Waals surface area contributed by atoms with Crippen molar-refractivity contribution < 1.29 is 4.79 Å². The molecule has 0 radical (unpaired) electrons. The highest BCUT2D eigenvalue weighted by Gasteiger charge is 2.21. The highest BCUT2D eigenvalue weighted by atomic mass is 16.1. The fourth-order valence-corrected chi connectivity index (χ4v) is 4.53. The summed E-state index contributed by atoms with van der Waals surface area (Å²) in [5, 5.41) is 12.6. The van der Waals surface area contributed by atoms with E-state index < -0.39 is 0 Å². The number of benzene rings is 3. The summed E-state index contributed by atoms with van der Waals surface area (Å²) in [6.07, 6.45) is 1.82. The number of anilines is 4. The van der Waals surface area contributed by atoms with Gasteiger partial charge in [0, 0.05) is 53.9 Å². The predicted molar refractivity (Wildman–Crippen MR) is 140 cm³/mol. The van der Waals surface area contributed by atoms with E-state index in [1.165, 1.54) is 0 Å². The predicted octanol–water partition coefficient (Wildman–Crippen LogP) is 4.78. The van der Waals surface area contributed by atoms with Crippen LogP contribution in [-0.2, 0) is 0 Å². The summed E-state index contributed by atoms with van der Waals surface area (Å²) in [5.74, 6) is 1.60. The molecule has 174 valence electrons. The van der Waals surface area contributed by atoms with Crippen LogP contribution in [0, 0.1) is 0 Å². The quantitative estimate of drug-likeness (QED) is 0.363. The molecule has 0 amide bonds. The molecular weight excluding hydrogens is 438 g/mol. The highest BCUT2D eigenvalue weighted by Crippen LogP contribution is 2.28. The van der Waals surface area contributed by atoms with Crippen molar-refractivity contribution in [3.05, 3.63) is 78.5 Å². The number of aromatic nitrogens is 4. The molecule has 35 heavy (non-hydrogen) atoms. The van der Waals surface area contributed by atoms with Gasteiger partial charge in [0.25, 0.3) is 0 Å². The SMILES string of the molecule is CC(=O)c1ccc(N2CCN(c3nc(Nc4ccc5[nH]ncc5c4)c4ccccc4n3)CC2)cc1. The zero-order valence-electron chi connectivity index (χ0n) is 19.4. The van der Waals surface area contributed by atoms with Crippen molar-refractivity contribution in [2.24, 2.45) is 0 Å². The van der Waals surface area contributed by atoms with Crippen LogP contribution in [0.25, 0.3) is 21.8 Å². The zero-order chi connectivity index (χ0) is 23.8. The van der Waals surface area contributed by atoms with Crippen molar-refractivity contribution in [3.63, 3.8) is 0 Å². The summed E-state index contributed by atoms with van der Waals surface area (Å²) in [4.78, 5) is 26.0. The van der Waals surface area contributed by atoms with Gasteiger partial charge in [-0.3, -0.25) is 9.89 Å². The normalized spacial score (nSPS) is 14.0. The number of nitrogens with zero attached hydrogens (tertiary/aromatic N) is 5. The van der Waals surface area contributed by atoms with Gasteiger partial charge in [-0.15, -0.1) is 0 Å². The number of carbonyl (C=O) groups excluding carboxylic acids is 1. The first kappa shape index (κ1) is 21.1. The Morgan fingerprint density at radius 1 is 0.914 bits per heavy atom. The third-order valence-electron chi connectivity index (χ3n) is 6.50. The van der Waals surface area contributed by atoms with Crippen molar-refractivity contribution in [2.75, 3.05) is 41.3 Å². The van der Waals surface area contributed by atoms with Crippen molar-refractivity contribution in [1.82, 2.24) is 20.2 Å². The lowest BCUT2D eigenvalue weighted by atomic mass is 10.1. The van der Waals surface area contributed by atoms with Gasteiger partial charge < -0.3 is 15.1 Å². The molecular formula is C27H25N7O. The first-order valence-corrected chi connectivity index (χ1v) is 11.7. The lowest BCUT2D eigenvalue weighted by Crippen LogP contribution is -2.47. The Labute approximate surface area is 202 Å². The Balaban J connectivity index is 1.25. The van der Waals surface area contributed by atoms with Crippen molar-refractivity contribution in [1.29, 1.82) is 0 Å². The van der Waals surface area contributed by atoms with Crippen LogP contribution in [0.5, 0.6) is 0 Å². The number of aromatic amines is 1. The molecule has 0 aliphatic carbocycles. The average Bonchev–Trinajstić information content (AvgIpc) is 3.37. The van der Waals surface area contributed by atoms with Gasteiger partial charge in [0.2, 0.25) is 5.95 Å². The van der Waals surface area contributed by atoms with E-state index in [1.54, 1.807) is 6.92 Å². The van der Waals surface area contributed by atoms with Gasteiger partial charge in [-0.25, -0.2) is 4.98 Å². The first-order valence-electron chi connectivity index (χ1n) is 11.7. The fourth-order valence-electron chi connectivity index (χ4n) is 4.53. The van der Waals surface area contributed by atoms with Gasteiger partial charge in [-0.05, 0) is 61.5 Å². The summed E-state index contributed by atoms with van der Waals surface area (Å²) in [6.45, 7) is 4.93. The maximum Gasteiger partial charge on any atom is 0.228 e. The third kappa shape index (κ3) is 4.14. The van der Waals surface area contributed by atoms with Crippen molar-refractivity contribution in [2.45, 2.75) is 6.92 Å². The largest absolute Gasteiger partial charge is 0.368 e. The zero-order valence-corrected chi connectivity index (χ0v) is 19.4. The molecule has 0 bridgehead atoms. The molecule has 2 N–H and O–H groups in total. The molecule has 5 aromatic rings. The first-order chi connectivity index (χ1) is 17.1. The minimum atomic E-state index is 0.0870. The molecule has 0 atom stereocenters. The molecule has 0 saturated carbocycles. The number of nitrogens with one attached hydrogen (secondary N) is 2. The Bertz CT molecular complexity index is 1520. The number of Topliss-reactive ketones (excluding diaryl/α,β-unsaturated/α-hetero) is 1. The van der Waals surface area contributed by atoms with E-state index in [-0.39, 0.29) is 5.78 Å². The topological polar surface area (TPSA) is 90.0 Å². The number of hydrogen-bond acceptors (Lipinski definition) is 7. The monoisotopic (exact) mass is 463 g/mol. The summed E-state index contributed by atoms with van der Waals surface area (Å²) in [5.41, 5.74) is 4.73. The van der Waals surface area contributed by atoms with E-state index in [9.17, 15) is 4.79 Å². The average molecular weight is 464 g/mol. The van der Waals surface area contributed by atoms with Crippen molar-refractivity contribution in [3.8, 4) is 0 Å². The van der Waals surface area contributed by atoms with Gasteiger partial charge in [-0.2, -0.15) is 10.1 Å². The minimum absolute atomic E-state index is 0.0870. The van der Waals surface area contributed by atoms with Crippen LogP contribution in [0.15, 0.2) is 72.9 Å². The molecule has 1 aliphatic heterocycles. The molecule has 0 unspecified atom stereocenters. The van der Waals surface area contributed by atoms with Gasteiger partial charge in [-0.1, -0.05) is 12.1 Å². The molecule has 3 aromatic carbocycles. The summed E-state index contributed by atoms with van der Waals surface area (Å²) in [6, 6.07) is 22.0. The standard InChI is InChI=1S/C27H25N7O/c1-18(35)19-6-9-22(10-7-19)33-12-14-34(15-13-33)27-30-25-5-3-2-4-23(25)26(31-27)29-21-8-11-24-20(16-21)17-28-32-24/h2-11,16-17H,12-15H2,1H3,(H,28,32)(H,29,30,31). The van der Waals surface area contributed by atoms with Crippen LogP contribution in [0.2, 0.25) is 0 Å². The second kappa shape index (κ2) is 8.72. The number of H-pyrrole nitrogens is 1. The molecule has 6 rings (SSSR count). The molecule has 1 aliphatic rings. The molecule has 2 aromatic heterocycles. The van der Waals surface area contributed by atoms with Gasteiger partial charge in [0.15, 0.2) is 5.78 Å². The van der Waals surface area contributed by atoms with Crippen LogP contribution in [-0.4, -0.2) is 52.1 Å². The summed E-state index contributed by atoms with van der Waals surface area (Å²) in [7, 11) is 0. The van der Waals surface area contributed by atoms with Crippen molar-refractivity contribution >= 4 is 50.7 Å². The van der Waals surface area contributed by atoms with E-state index in [0.29, 0.717) is 0 Å². The molecule has 8 heteroatoms. The van der Waals surface area contributed by atoms with E-state index in [4.69, 9.17) is 9.97 Å². The highest BCUT2D eigenvalue weighted by molar-refractivity contribution is 5.94. The van der Waals surface area contributed by atoms with Gasteiger partial charge in [0.1, 0.15) is 5.82 Å². The van der Waals surface area contributed by atoms with Gasteiger partial charge >= 0.3 is 0 Å². The Morgan fingerprint density at radius 3 is 2.49 bits per heavy atom. The number of carbonyl (C=O) groups is 1. The molecule has 1 saturated heterocycles. The fraction of sp³-hybridized carbons (Fsp3) is 0.185. The second-order valence-corrected chi connectivity index (χ2v) is 8.76. The Hall–Kier alpha value is -4.46. The van der Waals surface area contributed by atoms with Crippen LogP contribution < -0.4 is 15.1 Å². The van der Waals surface area contributed by atoms with Crippen LogP contribution >= 0.6 is 0 Å². The molecule has 3 heterocycles. The second-order valence-electron chi connectivity index (χ2n) is 8.76. The number of hydrogen-bond donors (Lipinski definition) is 2. The lowest BCUT2D eigenvalue weighted by molar-refractivity contribution is 0.101. The van der Waals surface area contributed by atoms with Crippen LogP contribution in [0.1, 0.15) is 17.3 Å². The maximum atomic E-state index is 11.6. The van der Waals surface area contributed by atoms with E-state index in [1.807, 2.05) is 66.9 Å². The third-order valence-corrected chi connectivity index (χ3v) is 6.50. The number of ketones is 1. The maximum absolute atomic E-state index is 11.6. The van der Waals surface area contributed by atoms with Crippen LogP contribution in [0.4, 0.5) is 23.1 Å². The summed E-state index contributed by atoms with van der Waals surface area (Å²) >= 11 is 0. The molecule has 1 fully saturated rings. The van der Waals surface area contributed by atoms with Crippen LogP contribution in [0.3, 0.4) is 0 Å². The number of para-hydroxylation sites is 1. The Kier molecular flexibility index (Phi) is 5.25. The molecule has 8 nitrogen and oxygen atoms in total. The number of fused-ring (bicyclic) bond motifs is 2.